The highest BCUT2D eigenvalue weighted by molar-refractivity contribution is 7.07. The molecule has 1 amide bonds. The summed E-state index contributed by atoms with van der Waals surface area (Å²) in [7, 11) is 0. The number of benzene rings is 1. The average molecular weight is 362 g/mol. The molecule has 0 bridgehead atoms. The lowest BCUT2D eigenvalue weighted by Crippen LogP contribution is -2.49. The van der Waals surface area contributed by atoms with Gasteiger partial charge in [0.2, 0.25) is 0 Å². The van der Waals surface area contributed by atoms with Gasteiger partial charge < -0.3 is 19.5 Å². The molecule has 0 radical (unpaired) electrons. The molecule has 7 heteroatoms. The van der Waals surface area contributed by atoms with Crippen molar-refractivity contribution in [3.05, 3.63) is 46.4 Å². The van der Waals surface area contributed by atoms with E-state index >= 15 is 0 Å². The van der Waals surface area contributed by atoms with Crippen LogP contribution in [0, 0.1) is 0 Å². The molecule has 6 nitrogen and oxygen atoms in total. The quantitative estimate of drug-likeness (QED) is 0.820. The average Bonchev–Trinajstić information content (AvgIpc) is 3.15. The van der Waals surface area contributed by atoms with Gasteiger partial charge in [-0.25, -0.2) is 4.98 Å². The normalized spacial score (nSPS) is 20.2. The third-order valence-electron chi connectivity index (χ3n) is 3.96. The van der Waals surface area contributed by atoms with Crippen LogP contribution in [-0.2, 0) is 16.1 Å². The zero-order valence-electron chi connectivity index (χ0n) is 14.1. The number of aromatic nitrogens is 1. The molecule has 1 aliphatic rings. The van der Waals surface area contributed by atoms with Crippen LogP contribution in [0.3, 0.4) is 0 Å². The molecule has 25 heavy (non-hydrogen) atoms. The van der Waals surface area contributed by atoms with Gasteiger partial charge in [-0.05, 0) is 31.5 Å². The summed E-state index contributed by atoms with van der Waals surface area (Å²) in [6.07, 6.45) is 0.535. The lowest BCUT2D eigenvalue weighted by atomic mass is 10.1. The molecule has 3 rings (SSSR count). The van der Waals surface area contributed by atoms with E-state index in [9.17, 15) is 4.79 Å². The van der Waals surface area contributed by atoms with Gasteiger partial charge in [-0.3, -0.25) is 4.79 Å². The van der Waals surface area contributed by atoms with Gasteiger partial charge in [0.1, 0.15) is 11.9 Å². The standard InChI is InChI=1S/C18H22N2O4S/c1-2-23-15-5-3-4-13(8-15)18(21)20-16-6-7-22-10-17(16)24-9-14-11-25-12-19-14/h3-5,8,11-12,16-17H,2,6-7,9-10H2,1H3,(H,20,21)/t16-,17-/m1/s1. The van der Waals surface area contributed by atoms with Crippen molar-refractivity contribution in [3.8, 4) is 5.75 Å². The molecule has 1 aliphatic heterocycles. The largest absolute Gasteiger partial charge is 0.494 e. The molecule has 1 saturated heterocycles. The summed E-state index contributed by atoms with van der Waals surface area (Å²) in [6, 6.07) is 7.11. The molecule has 2 atom stereocenters. The van der Waals surface area contributed by atoms with Crippen molar-refractivity contribution in [2.24, 2.45) is 0 Å². The minimum atomic E-state index is -0.186. The van der Waals surface area contributed by atoms with Crippen LogP contribution in [0.2, 0.25) is 0 Å². The highest BCUT2D eigenvalue weighted by atomic mass is 32.1. The van der Waals surface area contributed by atoms with Crippen LogP contribution in [0.5, 0.6) is 5.75 Å². The Balaban J connectivity index is 1.60. The summed E-state index contributed by atoms with van der Waals surface area (Å²) < 4.78 is 16.9. The molecule has 0 saturated carbocycles. The van der Waals surface area contributed by atoms with Crippen molar-refractivity contribution in [2.75, 3.05) is 19.8 Å². The fourth-order valence-corrected chi connectivity index (χ4v) is 3.23. The van der Waals surface area contributed by atoms with Crippen molar-refractivity contribution in [1.29, 1.82) is 0 Å². The lowest BCUT2D eigenvalue weighted by molar-refractivity contribution is -0.0742. The maximum absolute atomic E-state index is 12.6. The van der Waals surface area contributed by atoms with Crippen LogP contribution >= 0.6 is 11.3 Å². The zero-order valence-corrected chi connectivity index (χ0v) is 15.0. The number of carbonyl (C=O) groups is 1. The van der Waals surface area contributed by atoms with Crippen molar-refractivity contribution >= 4 is 17.2 Å². The molecule has 0 aliphatic carbocycles. The van der Waals surface area contributed by atoms with Gasteiger partial charge >= 0.3 is 0 Å². The minimum absolute atomic E-state index is 0.0874. The molecule has 1 aromatic carbocycles. The smallest absolute Gasteiger partial charge is 0.251 e. The summed E-state index contributed by atoms with van der Waals surface area (Å²) in [6.45, 7) is 3.98. The highest BCUT2D eigenvalue weighted by Gasteiger charge is 2.28. The van der Waals surface area contributed by atoms with Gasteiger partial charge in [-0.15, -0.1) is 11.3 Å². The topological polar surface area (TPSA) is 69.7 Å². The number of thiazole rings is 1. The van der Waals surface area contributed by atoms with E-state index in [0.717, 1.165) is 12.1 Å². The second-order valence-corrected chi connectivity index (χ2v) is 6.45. The summed E-state index contributed by atoms with van der Waals surface area (Å²) >= 11 is 1.54. The molecule has 1 N–H and O–H groups in total. The molecule has 134 valence electrons. The fraction of sp³-hybridized carbons (Fsp3) is 0.444. The van der Waals surface area contributed by atoms with Crippen molar-refractivity contribution in [1.82, 2.24) is 10.3 Å². The number of amides is 1. The van der Waals surface area contributed by atoms with E-state index in [4.69, 9.17) is 14.2 Å². The SMILES string of the molecule is CCOc1cccc(C(=O)N[C@@H]2CCOC[C@H]2OCc2cscn2)c1. The second kappa shape index (κ2) is 8.94. The van der Waals surface area contributed by atoms with Crippen LogP contribution < -0.4 is 10.1 Å². The molecule has 2 heterocycles. The Morgan fingerprint density at radius 1 is 1.48 bits per heavy atom. The van der Waals surface area contributed by atoms with Crippen molar-refractivity contribution < 1.29 is 19.0 Å². The molecular weight excluding hydrogens is 340 g/mol. The van der Waals surface area contributed by atoms with E-state index < -0.39 is 0 Å². The second-order valence-electron chi connectivity index (χ2n) is 5.73. The summed E-state index contributed by atoms with van der Waals surface area (Å²) in [5, 5.41) is 5.02. The van der Waals surface area contributed by atoms with E-state index in [0.29, 0.717) is 37.7 Å². The van der Waals surface area contributed by atoms with E-state index in [1.165, 1.54) is 11.3 Å². The number of nitrogens with zero attached hydrogens (tertiary/aromatic N) is 1. The fourth-order valence-electron chi connectivity index (χ4n) is 2.69. The number of rotatable bonds is 7. The van der Waals surface area contributed by atoms with Gasteiger partial charge in [0.15, 0.2) is 0 Å². The number of carbonyl (C=O) groups excluding carboxylic acids is 1. The van der Waals surface area contributed by atoms with E-state index in [2.05, 4.69) is 10.3 Å². The summed E-state index contributed by atoms with van der Waals surface area (Å²) in [5.74, 6) is 0.564. The first-order valence-electron chi connectivity index (χ1n) is 8.36. The summed E-state index contributed by atoms with van der Waals surface area (Å²) in [4.78, 5) is 16.8. The Hall–Kier alpha value is -1.96. The van der Waals surface area contributed by atoms with Crippen LogP contribution in [0.1, 0.15) is 29.4 Å². The highest BCUT2D eigenvalue weighted by Crippen LogP contribution is 2.17. The minimum Gasteiger partial charge on any atom is -0.494 e. The zero-order chi connectivity index (χ0) is 17.5. The molecule has 1 fully saturated rings. The number of ether oxygens (including phenoxy) is 3. The molecule has 1 aromatic heterocycles. The lowest BCUT2D eigenvalue weighted by Gasteiger charge is -2.32. The van der Waals surface area contributed by atoms with E-state index in [1.807, 2.05) is 24.4 Å². The van der Waals surface area contributed by atoms with Crippen LogP contribution in [0.15, 0.2) is 35.2 Å². The third kappa shape index (κ3) is 5.01. The van der Waals surface area contributed by atoms with Crippen LogP contribution in [0.25, 0.3) is 0 Å². The Bertz CT molecular complexity index is 677. The molecule has 2 aromatic rings. The first-order valence-corrected chi connectivity index (χ1v) is 9.30. The van der Waals surface area contributed by atoms with Gasteiger partial charge in [0.05, 0.1) is 37.1 Å². The summed E-state index contributed by atoms with van der Waals surface area (Å²) in [5.41, 5.74) is 3.25. The number of hydrogen-bond acceptors (Lipinski definition) is 6. The van der Waals surface area contributed by atoms with Gasteiger partial charge in [0.25, 0.3) is 5.91 Å². The first-order chi connectivity index (χ1) is 12.3. The predicted molar refractivity (Wildman–Crippen MR) is 95.0 cm³/mol. The third-order valence-corrected chi connectivity index (χ3v) is 4.59. The maximum Gasteiger partial charge on any atom is 0.251 e. The van der Waals surface area contributed by atoms with E-state index in [1.54, 1.807) is 17.6 Å². The Morgan fingerprint density at radius 2 is 2.40 bits per heavy atom. The van der Waals surface area contributed by atoms with Crippen molar-refractivity contribution in [2.45, 2.75) is 32.1 Å². The van der Waals surface area contributed by atoms with Gasteiger partial charge in [0, 0.05) is 17.6 Å². The Kier molecular flexibility index (Phi) is 6.38. The maximum atomic E-state index is 12.6. The predicted octanol–water partition coefficient (Wildman–Crippen LogP) is 2.65. The van der Waals surface area contributed by atoms with Gasteiger partial charge in [-0.1, -0.05) is 6.07 Å². The monoisotopic (exact) mass is 362 g/mol. The first kappa shape index (κ1) is 17.8. The van der Waals surface area contributed by atoms with Gasteiger partial charge in [-0.2, -0.15) is 0 Å². The van der Waals surface area contributed by atoms with Crippen molar-refractivity contribution in [3.63, 3.8) is 0 Å². The molecule has 0 unspecified atom stereocenters. The van der Waals surface area contributed by atoms with Crippen LogP contribution in [-0.4, -0.2) is 42.9 Å². The van der Waals surface area contributed by atoms with E-state index in [-0.39, 0.29) is 18.1 Å². The molecular formula is C18H22N2O4S. The Morgan fingerprint density at radius 3 is 3.20 bits per heavy atom. The van der Waals surface area contributed by atoms with Crippen LogP contribution in [0.4, 0.5) is 0 Å². The molecule has 0 spiro atoms. The number of nitrogens with one attached hydrogen (secondary N) is 1. The Labute approximate surface area is 151 Å². The number of hydrogen-bond donors (Lipinski definition) is 1.